The van der Waals surface area contributed by atoms with Crippen molar-refractivity contribution >= 4 is 0 Å². The summed E-state index contributed by atoms with van der Waals surface area (Å²) < 4.78 is 0. The minimum atomic E-state index is 0.400. The van der Waals surface area contributed by atoms with E-state index >= 15 is 0 Å². The molecule has 3 rings (SSSR count). The molecule has 0 unspecified atom stereocenters. The highest BCUT2D eigenvalue weighted by Gasteiger charge is 2.30. The van der Waals surface area contributed by atoms with E-state index < -0.39 is 0 Å². The van der Waals surface area contributed by atoms with Gasteiger partial charge < -0.3 is 5.73 Å². The summed E-state index contributed by atoms with van der Waals surface area (Å²) in [5, 5.41) is 0. The first kappa shape index (κ1) is 5.69. The van der Waals surface area contributed by atoms with Crippen molar-refractivity contribution in [1.82, 2.24) is 4.90 Å². The van der Waals surface area contributed by atoms with Crippen LogP contribution in [0.5, 0.6) is 0 Å². The Morgan fingerprint density at radius 2 is 1.89 bits per heavy atom. The van der Waals surface area contributed by atoms with Gasteiger partial charge in [-0.3, -0.25) is 4.90 Å². The Balaban J connectivity index is 2.06. The fourth-order valence-corrected chi connectivity index (χ4v) is 2.01. The van der Waals surface area contributed by atoms with Gasteiger partial charge in [0, 0.05) is 0 Å². The minimum absolute atomic E-state index is 0.400. The maximum absolute atomic E-state index is 5.85. The van der Waals surface area contributed by atoms with Gasteiger partial charge in [-0.05, 0) is 38.3 Å². The molecule has 2 bridgehead atoms. The largest absolute Gasteiger partial charge is 0.316 e. The number of piperidine rings is 3. The van der Waals surface area contributed by atoms with E-state index in [4.69, 9.17) is 5.73 Å². The van der Waals surface area contributed by atoms with Crippen molar-refractivity contribution < 1.29 is 0 Å². The van der Waals surface area contributed by atoms with Crippen molar-refractivity contribution in [3.63, 3.8) is 0 Å². The monoisotopic (exact) mass is 126 g/mol. The number of fused-ring (bicyclic) bond motifs is 3. The van der Waals surface area contributed by atoms with E-state index in [0.29, 0.717) is 6.17 Å². The average molecular weight is 126 g/mol. The van der Waals surface area contributed by atoms with Crippen molar-refractivity contribution in [3.8, 4) is 0 Å². The summed E-state index contributed by atoms with van der Waals surface area (Å²) in [6, 6.07) is 0. The summed E-state index contributed by atoms with van der Waals surface area (Å²) in [5.41, 5.74) is 5.85. The van der Waals surface area contributed by atoms with Gasteiger partial charge in [0.15, 0.2) is 0 Å². The molecule has 0 spiro atoms. The lowest BCUT2D eigenvalue weighted by atomic mass is 9.87. The third-order valence-corrected chi connectivity index (χ3v) is 2.69. The fourth-order valence-electron chi connectivity index (χ4n) is 2.01. The van der Waals surface area contributed by atoms with Crippen LogP contribution in [0.15, 0.2) is 0 Å². The van der Waals surface area contributed by atoms with Crippen molar-refractivity contribution in [3.05, 3.63) is 0 Å². The molecule has 52 valence electrons. The number of rotatable bonds is 0. The van der Waals surface area contributed by atoms with E-state index in [1.165, 1.54) is 32.4 Å². The number of hydrogen-bond donors (Lipinski definition) is 1. The van der Waals surface area contributed by atoms with Crippen molar-refractivity contribution in [2.45, 2.75) is 25.4 Å². The third-order valence-electron chi connectivity index (χ3n) is 2.69. The van der Waals surface area contributed by atoms with Crippen LogP contribution in [0, 0.1) is 5.92 Å². The lowest BCUT2D eigenvalue weighted by Gasteiger charge is -2.43. The van der Waals surface area contributed by atoms with Gasteiger partial charge in [-0.25, -0.2) is 0 Å². The molecule has 0 radical (unpaired) electrons. The van der Waals surface area contributed by atoms with Gasteiger partial charge in [-0.15, -0.1) is 0 Å². The Labute approximate surface area is 56.0 Å². The van der Waals surface area contributed by atoms with E-state index in [1.807, 2.05) is 0 Å². The van der Waals surface area contributed by atoms with Crippen LogP contribution >= 0.6 is 0 Å². The summed E-state index contributed by atoms with van der Waals surface area (Å²) >= 11 is 0. The maximum atomic E-state index is 5.85. The summed E-state index contributed by atoms with van der Waals surface area (Å²) in [5.74, 6) is 0.963. The molecule has 2 N–H and O–H groups in total. The Morgan fingerprint density at radius 1 is 1.22 bits per heavy atom. The molecule has 9 heavy (non-hydrogen) atoms. The standard InChI is InChI=1S/C7H14N2/c8-7-5-6-1-3-9(7)4-2-6/h6-7H,1-5,8H2/t7-/m1/s1. The van der Waals surface area contributed by atoms with Gasteiger partial charge in [-0.2, -0.15) is 0 Å². The van der Waals surface area contributed by atoms with Crippen molar-refractivity contribution in [1.29, 1.82) is 0 Å². The molecule has 2 heteroatoms. The second-order valence-corrected chi connectivity index (χ2v) is 3.28. The SMILES string of the molecule is N[C@H]1CC2CCN1CC2. The Bertz CT molecular complexity index is 105. The zero-order chi connectivity index (χ0) is 6.27. The van der Waals surface area contributed by atoms with E-state index in [0.717, 1.165) is 5.92 Å². The average Bonchev–Trinajstić information content (AvgIpc) is 1.90. The van der Waals surface area contributed by atoms with Crippen LogP contribution in [0.2, 0.25) is 0 Å². The second-order valence-electron chi connectivity index (χ2n) is 3.28. The van der Waals surface area contributed by atoms with Crippen LogP contribution in [0.3, 0.4) is 0 Å². The summed E-state index contributed by atoms with van der Waals surface area (Å²) in [7, 11) is 0. The maximum Gasteiger partial charge on any atom is 0.0574 e. The second kappa shape index (κ2) is 1.96. The number of nitrogens with zero attached hydrogens (tertiary/aromatic N) is 1. The van der Waals surface area contributed by atoms with Gasteiger partial charge in [0.2, 0.25) is 0 Å². The molecule has 0 aliphatic carbocycles. The van der Waals surface area contributed by atoms with E-state index in [-0.39, 0.29) is 0 Å². The molecule has 3 fully saturated rings. The zero-order valence-electron chi connectivity index (χ0n) is 5.71. The van der Waals surface area contributed by atoms with Gasteiger partial charge in [0.25, 0.3) is 0 Å². The van der Waals surface area contributed by atoms with Crippen molar-refractivity contribution in [2.24, 2.45) is 11.7 Å². The smallest absolute Gasteiger partial charge is 0.0574 e. The molecule has 0 aromatic rings. The van der Waals surface area contributed by atoms with Crippen molar-refractivity contribution in [2.75, 3.05) is 13.1 Å². The van der Waals surface area contributed by atoms with Gasteiger partial charge in [0.05, 0.1) is 6.17 Å². The molecule has 0 amide bonds. The predicted molar refractivity (Wildman–Crippen MR) is 36.9 cm³/mol. The van der Waals surface area contributed by atoms with Crippen LogP contribution in [0.1, 0.15) is 19.3 Å². The van der Waals surface area contributed by atoms with Crippen LogP contribution < -0.4 is 5.73 Å². The molecule has 0 aromatic carbocycles. The van der Waals surface area contributed by atoms with E-state index in [9.17, 15) is 0 Å². The molecule has 3 heterocycles. The Morgan fingerprint density at radius 3 is 2.11 bits per heavy atom. The van der Waals surface area contributed by atoms with Crippen LogP contribution in [-0.4, -0.2) is 24.2 Å². The number of nitrogens with two attached hydrogens (primary N) is 1. The molecule has 3 saturated heterocycles. The quantitative estimate of drug-likeness (QED) is 0.508. The summed E-state index contributed by atoms with van der Waals surface area (Å²) in [4.78, 5) is 2.40. The highest BCUT2D eigenvalue weighted by Crippen LogP contribution is 2.29. The molecule has 0 aromatic heterocycles. The van der Waals surface area contributed by atoms with E-state index in [2.05, 4.69) is 4.90 Å². The molecule has 2 nitrogen and oxygen atoms in total. The van der Waals surface area contributed by atoms with E-state index in [1.54, 1.807) is 0 Å². The Kier molecular flexibility index (Phi) is 1.24. The molecule has 1 atom stereocenters. The minimum Gasteiger partial charge on any atom is -0.316 e. The molecule has 0 saturated carbocycles. The fraction of sp³-hybridized carbons (Fsp3) is 1.00. The predicted octanol–water partition coefficient (Wildman–Crippen LogP) is 0.387. The summed E-state index contributed by atoms with van der Waals surface area (Å²) in [6.07, 6.45) is 4.44. The molecule has 3 aliphatic heterocycles. The first-order valence-electron chi connectivity index (χ1n) is 3.86. The topological polar surface area (TPSA) is 29.3 Å². The third kappa shape index (κ3) is 0.864. The first-order valence-corrected chi connectivity index (χ1v) is 3.86. The lowest BCUT2D eigenvalue weighted by molar-refractivity contribution is 0.0531. The zero-order valence-corrected chi connectivity index (χ0v) is 5.71. The summed E-state index contributed by atoms with van der Waals surface area (Å²) in [6.45, 7) is 2.51. The number of hydrogen-bond acceptors (Lipinski definition) is 2. The van der Waals surface area contributed by atoms with Crippen LogP contribution in [-0.2, 0) is 0 Å². The molecular weight excluding hydrogens is 112 g/mol. The lowest BCUT2D eigenvalue weighted by Crippen LogP contribution is -2.52. The normalized spacial score (nSPS) is 49.7. The molecule has 3 aliphatic rings. The van der Waals surface area contributed by atoms with Crippen LogP contribution in [0.4, 0.5) is 0 Å². The van der Waals surface area contributed by atoms with Gasteiger partial charge >= 0.3 is 0 Å². The first-order chi connectivity index (χ1) is 4.36. The van der Waals surface area contributed by atoms with Gasteiger partial charge in [0.1, 0.15) is 0 Å². The highest BCUT2D eigenvalue weighted by molar-refractivity contribution is 4.84. The van der Waals surface area contributed by atoms with Gasteiger partial charge in [-0.1, -0.05) is 0 Å². The van der Waals surface area contributed by atoms with Crippen LogP contribution in [0.25, 0.3) is 0 Å². The highest BCUT2D eigenvalue weighted by atomic mass is 15.2. The Hall–Kier alpha value is -0.0800. The molecular formula is C7H14N2.